The quantitative estimate of drug-likeness (QED) is 0.869. The topological polar surface area (TPSA) is 40.5 Å². The predicted octanol–water partition coefficient (Wildman–Crippen LogP) is 2.73. The number of carbonyl (C=O) groups is 1. The zero-order chi connectivity index (χ0) is 15.0. The van der Waals surface area contributed by atoms with Gasteiger partial charge in [-0.25, -0.2) is 0 Å². The third-order valence-electron chi connectivity index (χ3n) is 4.50. The highest BCUT2D eigenvalue weighted by Crippen LogP contribution is 2.43. The van der Waals surface area contributed by atoms with Gasteiger partial charge >= 0.3 is 6.18 Å². The third-order valence-corrected chi connectivity index (χ3v) is 4.50. The Bertz CT molecular complexity index is 364. The average molecular weight is 293 g/mol. The summed E-state index contributed by atoms with van der Waals surface area (Å²) in [5, 5.41) is 10.0. The number of aliphatic hydroxyl groups is 1. The lowest BCUT2D eigenvalue weighted by Gasteiger charge is -2.48. The van der Waals surface area contributed by atoms with Gasteiger partial charge in [-0.1, -0.05) is 26.2 Å². The smallest absolute Gasteiger partial charge is 0.386 e. The molecule has 1 aliphatic heterocycles. The molecule has 1 N–H and O–H groups in total. The molecular formula is C14H22F3NO2. The molecule has 0 bridgehead atoms. The second-order valence-electron chi connectivity index (χ2n) is 6.21. The highest BCUT2D eigenvalue weighted by molar-refractivity contribution is 5.80. The van der Waals surface area contributed by atoms with E-state index in [-0.39, 0.29) is 19.5 Å². The van der Waals surface area contributed by atoms with Gasteiger partial charge < -0.3 is 10.0 Å². The maximum atomic E-state index is 13.0. The van der Waals surface area contributed by atoms with Crippen LogP contribution in [0.5, 0.6) is 0 Å². The van der Waals surface area contributed by atoms with Gasteiger partial charge in [-0.2, -0.15) is 13.2 Å². The van der Waals surface area contributed by atoms with Gasteiger partial charge in [0.25, 0.3) is 0 Å². The Balaban J connectivity index is 1.98. The molecule has 0 aromatic rings. The van der Waals surface area contributed by atoms with Gasteiger partial charge in [0.05, 0.1) is 24.6 Å². The molecule has 1 saturated carbocycles. The van der Waals surface area contributed by atoms with Crippen LogP contribution in [0.2, 0.25) is 0 Å². The summed E-state index contributed by atoms with van der Waals surface area (Å²) in [5.41, 5.74) is -0.882. The summed E-state index contributed by atoms with van der Waals surface area (Å²) in [5.74, 6) is -2.88. The number of nitrogens with zero attached hydrogens (tertiary/aromatic N) is 1. The predicted molar refractivity (Wildman–Crippen MR) is 67.9 cm³/mol. The standard InChI is InChI=1S/C14H22F3NO2/c1-2-7-13(20)8-18(9-13)12(19)10-5-3-4-6-11(10)14(15,16)17/h10-11,20H,2-9H2,1H3. The van der Waals surface area contributed by atoms with Gasteiger partial charge in [0.1, 0.15) is 0 Å². The van der Waals surface area contributed by atoms with E-state index >= 15 is 0 Å². The molecule has 1 saturated heterocycles. The summed E-state index contributed by atoms with van der Waals surface area (Å²) in [6.45, 7) is 2.30. The van der Waals surface area contributed by atoms with Gasteiger partial charge in [0, 0.05) is 5.92 Å². The molecular weight excluding hydrogens is 271 g/mol. The molecule has 2 unspecified atom stereocenters. The van der Waals surface area contributed by atoms with E-state index in [0.717, 1.165) is 6.42 Å². The monoisotopic (exact) mass is 293 g/mol. The van der Waals surface area contributed by atoms with Crippen LogP contribution in [0.3, 0.4) is 0 Å². The lowest BCUT2D eigenvalue weighted by atomic mass is 9.76. The molecule has 2 fully saturated rings. The van der Waals surface area contributed by atoms with Crippen molar-refractivity contribution in [3.63, 3.8) is 0 Å². The van der Waals surface area contributed by atoms with Crippen molar-refractivity contribution in [1.82, 2.24) is 4.90 Å². The highest BCUT2D eigenvalue weighted by atomic mass is 19.4. The van der Waals surface area contributed by atoms with Gasteiger partial charge in [0.2, 0.25) is 5.91 Å². The summed E-state index contributed by atoms with van der Waals surface area (Å²) in [6, 6.07) is 0. The first-order chi connectivity index (χ1) is 9.27. The first-order valence-electron chi connectivity index (χ1n) is 7.35. The van der Waals surface area contributed by atoms with E-state index in [1.807, 2.05) is 6.92 Å². The van der Waals surface area contributed by atoms with Crippen LogP contribution < -0.4 is 0 Å². The number of halogens is 3. The molecule has 1 amide bonds. The van der Waals surface area contributed by atoms with E-state index in [1.54, 1.807) is 0 Å². The number of hydrogen-bond donors (Lipinski definition) is 1. The van der Waals surface area contributed by atoms with E-state index in [4.69, 9.17) is 0 Å². The van der Waals surface area contributed by atoms with Crippen molar-refractivity contribution in [1.29, 1.82) is 0 Å². The molecule has 0 aromatic carbocycles. The Kier molecular flexibility index (Phi) is 4.33. The molecule has 20 heavy (non-hydrogen) atoms. The van der Waals surface area contributed by atoms with Crippen LogP contribution in [-0.4, -0.2) is 40.8 Å². The summed E-state index contributed by atoms with van der Waals surface area (Å²) >= 11 is 0. The number of alkyl halides is 3. The normalized spacial score (nSPS) is 29.9. The first kappa shape index (κ1) is 15.6. The van der Waals surface area contributed by atoms with Gasteiger partial charge in [0.15, 0.2) is 0 Å². The van der Waals surface area contributed by atoms with Crippen LogP contribution in [-0.2, 0) is 4.79 Å². The van der Waals surface area contributed by atoms with Crippen molar-refractivity contribution in [2.45, 2.75) is 57.2 Å². The zero-order valence-electron chi connectivity index (χ0n) is 11.7. The van der Waals surface area contributed by atoms with Gasteiger partial charge in [-0.3, -0.25) is 4.79 Å². The summed E-state index contributed by atoms with van der Waals surface area (Å²) < 4.78 is 39.0. The van der Waals surface area contributed by atoms with Crippen molar-refractivity contribution < 1.29 is 23.1 Å². The minimum absolute atomic E-state index is 0.0486. The molecule has 0 radical (unpaired) electrons. The number of carbonyl (C=O) groups excluding carboxylic acids is 1. The Morgan fingerprint density at radius 3 is 2.45 bits per heavy atom. The fraction of sp³-hybridized carbons (Fsp3) is 0.929. The lowest BCUT2D eigenvalue weighted by Crippen LogP contribution is -2.65. The fourth-order valence-electron chi connectivity index (χ4n) is 3.50. The van der Waals surface area contributed by atoms with Gasteiger partial charge in [-0.15, -0.1) is 0 Å². The van der Waals surface area contributed by atoms with Gasteiger partial charge in [-0.05, 0) is 19.3 Å². The Morgan fingerprint density at radius 1 is 1.30 bits per heavy atom. The van der Waals surface area contributed by atoms with E-state index in [1.165, 1.54) is 4.90 Å². The number of amides is 1. The molecule has 1 heterocycles. The highest BCUT2D eigenvalue weighted by Gasteiger charge is 2.52. The van der Waals surface area contributed by atoms with Crippen LogP contribution >= 0.6 is 0 Å². The lowest BCUT2D eigenvalue weighted by molar-refractivity contribution is -0.206. The van der Waals surface area contributed by atoms with E-state index in [0.29, 0.717) is 25.7 Å². The maximum absolute atomic E-state index is 13.0. The molecule has 1 aliphatic carbocycles. The minimum Gasteiger partial charge on any atom is -0.386 e. The van der Waals surface area contributed by atoms with Crippen LogP contribution in [0.25, 0.3) is 0 Å². The number of hydrogen-bond acceptors (Lipinski definition) is 2. The maximum Gasteiger partial charge on any atom is 0.392 e. The summed E-state index contributed by atoms with van der Waals surface area (Å²) in [4.78, 5) is 13.6. The van der Waals surface area contributed by atoms with Crippen molar-refractivity contribution >= 4 is 5.91 Å². The molecule has 116 valence electrons. The summed E-state index contributed by atoms with van der Waals surface area (Å²) in [7, 11) is 0. The molecule has 2 atom stereocenters. The van der Waals surface area contributed by atoms with Crippen LogP contribution in [0.15, 0.2) is 0 Å². The van der Waals surface area contributed by atoms with Crippen molar-refractivity contribution in [2.24, 2.45) is 11.8 Å². The Hall–Kier alpha value is -0.780. The Morgan fingerprint density at radius 2 is 1.90 bits per heavy atom. The number of likely N-dealkylation sites (tertiary alicyclic amines) is 1. The SMILES string of the molecule is CCCC1(O)CN(C(=O)C2CCCCC2C(F)(F)F)C1. The molecule has 3 nitrogen and oxygen atoms in total. The molecule has 6 heteroatoms. The van der Waals surface area contributed by atoms with Crippen LogP contribution in [0.1, 0.15) is 45.4 Å². The second-order valence-corrected chi connectivity index (χ2v) is 6.21. The van der Waals surface area contributed by atoms with Crippen molar-refractivity contribution in [2.75, 3.05) is 13.1 Å². The van der Waals surface area contributed by atoms with Crippen molar-refractivity contribution in [3.05, 3.63) is 0 Å². The number of rotatable bonds is 3. The zero-order valence-corrected chi connectivity index (χ0v) is 11.7. The van der Waals surface area contributed by atoms with Crippen LogP contribution in [0.4, 0.5) is 13.2 Å². The fourth-order valence-corrected chi connectivity index (χ4v) is 3.50. The summed E-state index contributed by atoms with van der Waals surface area (Å²) in [6.07, 6.45) is -1.34. The molecule has 2 aliphatic rings. The first-order valence-corrected chi connectivity index (χ1v) is 7.35. The Labute approximate surface area is 117 Å². The molecule has 0 spiro atoms. The van der Waals surface area contributed by atoms with E-state index in [2.05, 4.69) is 0 Å². The number of β-amino-alcohol motifs (C(OH)–C–C–N with tert-alkyl or cyclic N) is 1. The largest absolute Gasteiger partial charge is 0.392 e. The second kappa shape index (κ2) is 5.54. The van der Waals surface area contributed by atoms with E-state index < -0.39 is 29.5 Å². The molecule has 2 rings (SSSR count). The minimum atomic E-state index is -4.30. The molecule has 0 aromatic heterocycles. The van der Waals surface area contributed by atoms with E-state index in [9.17, 15) is 23.1 Å². The van der Waals surface area contributed by atoms with Crippen molar-refractivity contribution in [3.8, 4) is 0 Å². The van der Waals surface area contributed by atoms with Crippen LogP contribution in [0, 0.1) is 11.8 Å². The average Bonchev–Trinajstić information content (AvgIpc) is 2.34. The third kappa shape index (κ3) is 3.10.